The number of pyridine rings is 1. The van der Waals surface area contributed by atoms with E-state index in [1.165, 1.54) is 23.3 Å². The van der Waals surface area contributed by atoms with Gasteiger partial charge in [0.05, 0.1) is 4.47 Å². The van der Waals surface area contributed by atoms with Crippen LogP contribution < -0.4 is 0 Å². The Morgan fingerprint density at radius 3 is 2.79 bits per heavy atom. The van der Waals surface area contributed by atoms with E-state index >= 15 is 0 Å². The maximum atomic E-state index is 4.26. The van der Waals surface area contributed by atoms with Crippen molar-refractivity contribution >= 4 is 55.2 Å². The first-order valence-corrected chi connectivity index (χ1v) is 6.69. The molecule has 2 aromatic heterocycles. The molecule has 3 nitrogen and oxygen atoms in total. The summed E-state index contributed by atoms with van der Waals surface area (Å²) in [5.41, 5.74) is 0. The minimum absolute atomic E-state index is 0.889. The second-order valence-electron chi connectivity index (χ2n) is 2.25. The molecule has 0 amide bonds. The molecule has 14 heavy (non-hydrogen) atoms. The number of rotatable bonds is 2. The molecule has 0 saturated carbocycles. The minimum Gasteiger partial charge on any atom is -0.247 e. The average molecular weight is 353 g/mol. The van der Waals surface area contributed by atoms with Crippen LogP contribution in [-0.4, -0.2) is 14.3 Å². The second-order valence-corrected chi connectivity index (χ2v) is 6.04. The monoisotopic (exact) mass is 351 g/mol. The number of hydrogen-bond donors (Lipinski definition) is 0. The van der Waals surface area contributed by atoms with Crippen LogP contribution in [0.15, 0.2) is 36.9 Å². The molecule has 0 aliphatic carbocycles. The molecule has 2 aromatic rings. The van der Waals surface area contributed by atoms with Crippen LogP contribution in [-0.2, 0) is 0 Å². The van der Waals surface area contributed by atoms with Gasteiger partial charge in [0.15, 0.2) is 4.34 Å². The molecule has 2 heterocycles. The van der Waals surface area contributed by atoms with Crippen molar-refractivity contribution in [1.82, 2.24) is 14.3 Å². The van der Waals surface area contributed by atoms with Gasteiger partial charge in [0, 0.05) is 10.7 Å². The van der Waals surface area contributed by atoms with E-state index in [-0.39, 0.29) is 0 Å². The van der Waals surface area contributed by atoms with Gasteiger partial charge >= 0.3 is 0 Å². The highest BCUT2D eigenvalue weighted by atomic mass is 79.9. The molecule has 72 valence electrons. The Kier molecular flexibility index (Phi) is 3.53. The molecule has 0 aliphatic rings. The Balaban J connectivity index is 2.25. The fourth-order valence-corrected chi connectivity index (χ4v) is 3.32. The van der Waals surface area contributed by atoms with Gasteiger partial charge in [0.1, 0.15) is 11.4 Å². The van der Waals surface area contributed by atoms with Crippen molar-refractivity contribution in [2.45, 2.75) is 9.37 Å². The standard InChI is InChI=1S/C7H3Br2N3S2/c8-4-1-5(9)6(10-2-4)13-7-11-3-12-14-7/h1-3H. The topological polar surface area (TPSA) is 38.7 Å². The molecule has 0 aliphatic heterocycles. The Labute approximate surface area is 106 Å². The lowest BCUT2D eigenvalue weighted by molar-refractivity contribution is 1.09. The highest BCUT2D eigenvalue weighted by Gasteiger charge is 2.06. The maximum absolute atomic E-state index is 4.26. The first-order chi connectivity index (χ1) is 6.75. The van der Waals surface area contributed by atoms with Crippen molar-refractivity contribution in [2.24, 2.45) is 0 Å². The fraction of sp³-hybridized carbons (Fsp3) is 0. The average Bonchev–Trinajstić information content (AvgIpc) is 2.62. The summed E-state index contributed by atoms with van der Waals surface area (Å²) in [5, 5.41) is 0.893. The van der Waals surface area contributed by atoms with E-state index < -0.39 is 0 Å². The summed E-state index contributed by atoms with van der Waals surface area (Å²) in [6.07, 6.45) is 3.30. The molecule has 0 atom stereocenters. The predicted octanol–water partition coefficient (Wildman–Crippen LogP) is 3.61. The predicted molar refractivity (Wildman–Crippen MR) is 63.7 cm³/mol. The first kappa shape index (κ1) is 10.5. The third-order valence-corrected chi connectivity index (χ3v) is 4.33. The quantitative estimate of drug-likeness (QED) is 0.827. The molecular weight excluding hydrogens is 350 g/mol. The van der Waals surface area contributed by atoms with Gasteiger partial charge in [-0.15, -0.1) is 0 Å². The Bertz CT molecular complexity index is 433. The SMILES string of the molecule is Brc1cnc(Sc2ncns2)c(Br)c1. The lowest BCUT2D eigenvalue weighted by Crippen LogP contribution is -1.81. The zero-order chi connectivity index (χ0) is 9.97. The van der Waals surface area contributed by atoms with Crippen molar-refractivity contribution < 1.29 is 0 Å². The van der Waals surface area contributed by atoms with Crippen LogP contribution in [0, 0.1) is 0 Å². The van der Waals surface area contributed by atoms with Crippen LogP contribution in [0.1, 0.15) is 0 Å². The van der Waals surface area contributed by atoms with Crippen LogP contribution in [0.2, 0.25) is 0 Å². The molecule has 0 spiro atoms. The number of aromatic nitrogens is 3. The molecule has 0 radical (unpaired) electrons. The van der Waals surface area contributed by atoms with Gasteiger partial charge in [-0.2, -0.15) is 4.37 Å². The van der Waals surface area contributed by atoms with E-state index in [4.69, 9.17) is 0 Å². The van der Waals surface area contributed by atoms with E-state index in [9.17, 15) is 0 Å². The molecule has 0 saturated heterocycles. The highest BCUT2D eigenvalue weighted by molar-refractivity contribution is 9.11. The number of halogens is 2. The Hall–Kier alpha value is 0.0200. The zero-order valence-electron chi connectivity index (χ0n) is 6.65. The lowest BCUT2D eigenvalue weighted by atomic mass is 10.5. The lowest BCUT2D eigenvalue weighted by Gasteiger charge is -1.99. The van der Waals surface area contributed by atoms with Crippen LogP contribution in [0.3, 0.4) is 0 Å². The van der Waals surface area contributed by atoms with Crippen LogP contribution in [0.25, 0.3) is 0 Å². The summed E-state index contributed by atoms with van der Waals surface area (Å²) < 4.78 is 6.71. The highest BCUT2D eigenvalue weighted by Crippen LogP contribution is 2.33. The fourth-order valence-electron chi connectivity index (χ4n) is 0.768. The smallest absolute Gasteiger partial charge is 0.176 e. The zero-order valence-corrected chi connectivity index (χ0v) is 11.5. The third-order valence-electron chi connectivity index (χ3n) is 1.30. The molecule has 7 heteroatoms. The summed E-state index contributed by atoms with van der Waals surface area (Å²) in [6, 6.07) is 1.95. The van der Waals surface area contributed by atoms with Gasteiger partial charge in [-0.1, -0.05) is 0 Å². The van der Waals surface area contributed by atoms with Crippen molar-refractivity contribution in [3.05, 3.63) is 27.5 Å². The van der Waals surface area contributed by atoms with Crippen molar-refractivity contribution in [3.8, 4) is 0 Å². The van der Waals surface area contributed by atoms with E-state index in [1.54, 1.807) is 12.5 Å². The van der Waals surface area contributed by atoms with Gasteiger partial charge in [-0.25, -0.2) is 9.97 Å². The first-order valence-electron chi connectivity index (χ1n) is 3.51. The van der Waals surface area contributed by atoms with Crippen molar-refractivity contribution in [2.75, 3.05) is 0 Å². The van der Waals surface area contributed by atoms with Crippen molar-refractivity contribution in [1.29, 1.82) is 0 Å². The molecule has 2 rings (SSSR count). The van der Waals surface area contributed by atoms with E-state index in [0.29, 0.717) is 0 Å². The molecule has 0 N–H and O–H groups in total. The molecule has 0 aromatic carbocycles. The Morgan fingerprint density at radius 2 is 2.14 bits per heavy atom. The summed E-state index contributed by atoms with van der Waals surface area (Å²) in [5.74, 6) is 0. The van der Waals surface area contributed by atoms with Gasteiger partial charge in [0.2, 0.25) is 0 Å². The number of hydrogen-bond acceptors (Lipinski definition) is 5. The molecule has 0 fully saturated rings. The Morgan fingerprint density at radius 1 is 1.29 bits per heavy atom. The van der Waals surface area contributed by atoms with Crippen LogP contribution >= 0.6 is 55.2 Å². The molecular formula is C7H3Br2N3S2. The largest absolute Gasteiger partial charge is 0.247 e. The van der Waals surface area contributed by atoms with Gasteiger partial charge in [0.25, 0.3) is 0 Å². The summed E-state index contributed by atoms with van der Waals surface area (Å²) in [4.78, 5) is 8.33. The summed E-state index contributed by atoms with van der Waals surface area (Å²) in [7, 11) is 0. The minimum atomic E-state index is 0.889. The maximum Gasteiger partial charge on any atom is 0.176 e. The molecule has 0 bridgehead atoms. The van der Waals surface area contributed by atoms with E-state index in [2.05, 4.69) is 46.2 Å². The van der Waals surface area contributed by atoms with Gasteiger partial charge in [-0.05, 0) is 61.2 Å². The molecule has 0 unspecified atom stereocenters. The van der Waals surface area contributed by atoms with E-state index in [1.807, 2.05) is 6.07 Å². The van der Waals surface area contributed by atoms with Crippen LogP contribution in [0.5, 0.6) is 0 Å². The summed E-state index contributed by atoms with van der Waals surface area (Å²) >= 11 is 9.64. The van der Waals surface area contributed by atoms with Crippen molar-refractivity contribution in [3.63, 3.8) is 0 Å². The van der Waals surface area contributed by atoms with Crippen LogP contribution in [0.4, 0.5) is 0 Å². The van der Waals surface area contributed by atoms with Gasteiger partial charge in [-0.3, -0.25) is 0 Å². The summed E-state index contributed by atoms with van der Waals surface area (Å²) in [6.45, 7) is 0. The van der Waals surface area contributed by atoms with Gasteiger partial charge < -0.3 is 0 Å². The number of nitrogens with zero attached hydrogens (tertiary/aromatic N) is 3. The normalized spacial score (nSPS) is 10.4. The third kappa shape index (κ3) is 2.53. The second kappa shape index (κ2) is 4.69. The van der Waals surface area contributed by atoms with E-state index in [0.717, 1.165) is 18.3 Å².